The molecule has 130 valence electrons. The number of anilines is 1. The van der Waals surface area contributed by atoms with Crippen molar-refractivity contribution in [3.8, 4) is 16.9 Å². The van der Waals surface area contributed by atoms with E-state index in [-0.39, 0.29) is 5.56 Å². The summed E-state index contributed by atoms with van der Waals surface area (Å²) in [5.41, 5.74) is 4.46. The second kappa shape index (κ2) is 5.96. The maximum absolute atomic E-state index is 12.7. The van der Waals surface area contributed by atoms with Crippen molar-refractivity contribution < 1.29 is 0 Å². The number of H-pyrrole nitrogens is 1. The predicted octanol–water partition coefficient (Wildman–Crippen LogP) is 1.62. The number of hydrogen-bond acceptors (Lipinski definition) is 5. The highest BCUT2D eigenvalue weighted by molar-refractivity contribution is 5.91. The van der Waals surface area contributed by atoms with Crippen molar-refractivity contribution in [2.45, 2.75) is 0 Å². The summed E-state index contributed by atoms with van der Waals surface area (Å²) in [5, 5.41) is 7.90. The van der Waals surface area contributed by atoms with Crippen LogP contribution in [0, 0.1) is 0 Å². The van der Waals surface area contributed by atoms with Crippen LogP contribution in [0.25, 0.3) is 28.0 Å². The summed E-state index contributed by atoms with van der Waals surface area (Å²) >= 11 is 0. The Bertz CT molecular complexity index is 1090. The molecule has 0 aliphatic carbocycles. The largest absolute Gasteiger partial charge is 0.368 e. The maximum atomic E-state index is 12.7. The first-order valence-electron chi connectivity index (χ1n) is 8.72. The number of hydrogen-bond donors (Lipinski definition) is 2. The van der Waals surface area contributed by atoms with Gasteiger partial charge in [0.25, 0.3) is 5.56 Å². The van der Waals surface area contributed by atoms with Gasteiger partial charge in [0, 0.05) is 32.4 Å². The van der Waals surface area contributed by atoms with E-state index in [1.54, 1.807) is 6.20 Å². The Morgan fingerprint density at radius 2 is 1.85 bits per heavy atom. The molecular weight excluding hydrogens is 328 g/mol. The molecule has 1 aromatic carbocycles. The standard InChI is InChI=1S/C19H18N6O/c26-19-15-12-21-16-10-14(24-8-6-20-7-9-24)11-22-18(16)17(15)23-25(19)13-4-2-1-3-5-13/h1-5,10-12,20-21H,6-9H2. The smallest absolute Gasteiger partial charge is 0.282 e. The van der Waals surface area contributed by atoms with E-state index in [0.29, 0.717) is 16.8 Å². The van der Waals surface area contributed by atoms with E-state index in [9.17, 15) is 4.79 Å². The first kappa shape index (κ1) is 15.1. The zero-order valence-electron chi connectivity index (χ0n) is 14.1. The molecule has 0 amide bonds. The van der Waals surface area contributed by atoms with Crippen LogP contribution >= 0.6 is 0 Å². The van der Waals surface area contributed by atoms with E-state index in [4.69, 9.17) is 0 Å². The molecule has 2 N–H and O–H groups in total. The molecule has 4 heterocycles. The van der Waals surface area contributed by atoms with Crippen LogP contribution in [0.3, 0.4) is 0 Å². The number of fused-ring (bicyclic) bond motifs is 3. The minimum atomic E-state index is -0.141. The third kappa shape index (κ3) is 2.36. The third-order valence-corrected chi connectivity index (χ3v) is 4.83. The first-order chi connectivity index (χ1) is 12.8. The van der Waals surface area contributed by atoms with Crippen LogP contribution < -0.4 is 15.8 Å². The lowest BCUT2D eigenvalue weighted by Gasteiger charge is -2.29. The summed E-state index contributed by atoms with van der Waals surface area (Å²) in [5.74, 6) is 0. The Balaban J connectivity index is 1.66. The number of aromatic nitrogens is 4. The molecule has 1 saturated heterocycles. The van der Waals surface area contributed by atoms with E-state index in [2.05, 4.69) is 31.3 Å². The minimum absolute atomic E-state index is 0.141. The Labute approximate surface area is 149 Å². The van der Waals surface area contributed by atoms with Crippen molar-refractivity contribution in [1.82, 2.24) is 25.1 Å². The molecule has 0 bridgehead atoms. The van der Waals surface area contributed by atoms with Gasteiger partial charge in [-0.25, -0.2) is 0 Å². The molecule has 1 fully saturated rings. The van der Waals surface area contributed by atoms with Crippen molar-refractivity contribution >= 4 is 16.7 Å². The van der Waals surface area contributed by atoms with Crippen molar-refractivity contribution in [1.29, 1.82) is 0 Å². The highest BCUT2D eigenvalue weighted by Crippen LogP contribution is 2.27. The summed E-state index contributed by atoms with van der Waals surface area (Å²) < 4.78 is 1.43. The monoisotopic (exact) mass is 346 g/mol. The number of para-hydroxylation sites is 1. The van der Waals surface area contributed by atoms with E-state index in [1.807, 2.05) is 36.5 Å². The second-order valence-electron chi connectivity index (χ2n) is 6.43. The predicted molar refractivity (Wildman–Crippen MR) is 101 cm³/mol. The van der Waals surface area contributed by atoms with E-state index < -0.39 is 0 Å². The lowest BCUT2D eigenvalue weighted by atomic mass is 10.1. The molecular formula is C19H18N6O. The molecule has 7 nitrogen and oxygen atoms in total. The molecule has 0 unspecified atom stereocenters. The highest BCUT2D eigenvalue weighted by atomic mass is 16.1. The number of pyridine rings is 2. The van der Waals surface area contributed by atoms with Crippen LogP contribution in [0.4, 0.5) is 5.69 Å². The third-order valence-electron chi connectivity index (χ3n) is 4.83. The van der Waals surface area contributed by atoms with Gasteiger partial charge in [0.1, 0.15) is 11.2 Å². The summed E-state index contributed by atoms with van der Waals surface area (Å²) in [4.78, 5) is 22.9. The molecule has 0 radical (unpaired) electrons. The molecule has 0 atom stereocenters. The average molecular weight is 346 g/mol. The number of rotatable bonds is 2. The van der Waals surface area contributed by atoms with Gasteiger partial charge in [-0.05, 0) is 18.2 Å². The van der Waals surface area contributed by atoms with Crippen molar-refractivity contribution in [3.63, 3.8) is 0 Å². The minimum Gasteiger partial charge on any atom is -0.368 e. The fraction of sp³-hybridized carbons (Fsp3) is 0.211. The van der Waals surface area contributed by atoms with E-state index in [0.717, 1.165) is 43.1 Å². The Hall–Kier alpha value is -3.19. The Morgan fingerprint density at radius 3 is 2.65 bits per heavy atom. The average Bonchev–Trinajstić information content (AvgIpc) is 3.06. The molecule has 0 spiro atoms. The molecule has 26 heavy (non-hydrogen) atoms. The summed E-state index contributed by atoms with van der Waals surface area (Å²) in [6.07, 6.45) is 3.60. The van der Waals surface area contributed by atoms with Crippen molar-refractivity contribution in [2.24, 2.45) is 0 Å². The number of benzene rings is 1. The highest BCUT2D eigenvalue weighted by Gasteiger charge is 2.20. The summed E-state index contributed by atoms with van der Waals surface area (Å²) in [6, 6.07) is 11.5. The van der Waals surface area contributed by atoms with Gasteiger partial charge in [0.2, 0.25) is 0 Å². The number of nitrogens with zero attached hydrogens (tertiary/aromatic N) is 4. The van der Waals surface area contributed by atoms with Crippen LogP contribution in [0.5, 0.6) is 0 Å². The normalized spacial score (nSPS) is 15.0. The van der Waals surface area contributed by atoms with Gasteiger partial charge in [-0.2, -0.15) is 9.78 Å². The topological polar surface area (TPSA) is 78.8 Å². The zero-order chi connectivity index (χ0) is 17.5. The molecule has 3 aliphatic rings. The zero-order valence-corrected chi connectivity index (χ0v) is 14.1. The van der Waals surface area contributed by atoms with Crippen LogP contribution in [0.15, 0.2) is 53.6 Å². The van der Waals surface area contributed by atoms with Crippen LogP contribution in [0.2, 0.25) is 0 Å². The number of aromatic amines is 1. The van der Waals surface area contributed by atoms with Gasteiger partial charge in [-0.15, -0.1) is 0 Å². The van der Waals surface area contributed by atoms with Crippen LogP contribution in [-0.4, -0.2) is 45.9 Å². The van der Waals surface area contributed by atoms with Crippen LogP contribution in [0.1, 0.15) is 0 Å². The van der Waals surface area contributed by atoms with Crippen molar-refractivity contribution in [2.75, 3.05) is 31.1 Å². The van der Waals surface area contributed by atoms with Gasteiger partial charge in [-0.1, -0.05) is 18.2 Å². The Kier molecular flexibility index (Phi) is 3.46. The fourth-order valence-corrected chi connectivity index (χ4v) is 3.46. The lowest BCUT2D eigenvalue weighted by Crippen LogP contribution is -2.43. The molecule has 7 heteroatoms. The molecule has 3 aliphatic heterocycles. The van der Waals surface area contributed by atoms with E-state index >= 15 is 0 Å². The SMILES string of the molecule is O=c1c2c[nH]c3cc(N4CCNCC4)cnc3c-2nn1-c1ccccc1. The number of piperazine rings is 1. The quantitative estimate of drug-likeness (QED) is 0.577. The first-order valence-corrected chi connectivity index (χ1v) is 8.72. The van der Waals surface area contributed by atoms with Crippen molar-refractivity contribution in [3.05, 3.63) is 59.1 Å². The number of nitrogens with one attached hydrogen (secondary N) is 2. The molecule has 1 aromatic heterocycles. The van der Waals surface area contributed by atoms with E-state index in [1.165, 1.54) is 4.68 Å². The van der Waals surface area contributed by atoms with Gasteiger partial charge in [0.05, 0.1) is 28.7 Å². The molecule has 5 rings (SSSR count). The molecule has 2 aromatic rings. The fourth-order valence-electron chi connectivity index (χ4n) is 3.46. The lowest BCUT2D eigenvalue weighted by molar-refractivity contribution is 0.589. The summed E-state index contributed by atoms with van der Waals surface area (Å²) in [7, 11) is 0. The second-order valence-corrected chi connectivity index (χ2v) is 6.43. The van der Waals surface area contributed by atoms with Gasteiger partial charge in [-0.3, -0.25) is 9.78 Å². The van der Waals surface area contributed by atoms with Gasteiger partial charge < -0.3 is 15.2 Å². The Morgan fingerprint density at radius 1 is 1.04 bits per heavy atom. The van der Waals surface area contributed by atoms with Crippen LogP contribution in [-0.2, 0) is 0 Å². The van der Waals surface area contributed by atoms with Gasteiger partial charge in [0.15, 0.2) is 0 Å². The summed E-state index contributed by atoms with van der Waals surface area (Å²) in [6.45, 7) is 3.87. The molecule has 0 saturated carbocycles. The van der Waals surface area contributed by atoms with Gasteiger partial charge >= 0.3 is 0 Å². The maximum Gasteiger partial charge on any atom is 0.282 e.